The van der Waals surface area contributed by atoms with Crippen LogP contribution in [0.25, 0.3) is 5.57 Å². The molecule has 0 saturated carbocycles. The Morgan fingerprint density at radius 3 is 1.54 bits per heavy atom. The van der Waals surface area contributed by atoms with Gasteiger partial charge in [0.05, 0.1) is 0 Å². The summed E-state index contributed by atoms with van der Waals surface area (Å²) in [4.78, 5) is 22.5. The summed E-state index contributed by atoms with van der Waals surface area (Å²) in [7, 11) is 0. The van der Waals surface area contributed by atoms with Gasteiger partial charge in [-0.05, 0) is 49.7 Å². The summed E-state index contributed by atoms with van der Waals surface area (Å²) in [5.41, 5.74) is 12.1. The van der Waals surface area contributed by atoms with Gasteiger partial charge >= 0.3 is 0 Å². The fraction of sp³-hybridized carbons (Fsp3) is 0.500. The molecule has 0 fully saturated rings. The number of nitrogens with two attached hydrogens (primary N) is 2. The van der Waals surface area contributed by atoms with Crippen LogP contribution in [0.3, 0.4) is 0 Å². The summed E-state index contributed by atoms with van der Waals surface area (Å²) in [6, 6.07) is 9.18. The summed E-state index contributed by atoms with van der Waals surface area (Å²) in [6.07, 6.45) is 17.4. The second kappa shape index (κ2) is 16.0. The number of unbranched alkanes of at least 4 members (excludes halogenated alkanes) is 9. The molecule has 1 aliphatic rings. The lowest BCUT2D eigenvalue weighted by Crippen LogP contribution is -2.06. The van der Waals surface area contributed by atoms with Crippen molar-refractivity contribution in [2.45, 2.75) is 64.2 Å². The Morgan fingerprint density at radius 1 is 0.607 bits per heavy atom. The first-order chi connectivity index (χ1) is 13.7. The molecule has 0 unspecified atom stereocenters. The van der Waals surface area contributed by atoms with Crippen LogP contribution in [0.1, 0.15) is 69.8 Å². The molecule has 1 aromatic carbocycles. The molecular weight excluding hydrogens is 348 g/mol. The van der Waals surface area contributed by atoms with E-state index in [1.807, 2.05) is 30.3 Å². The molecule has 4 nitrogen and oxygen atoms in total. The molecule has 0 amide bonds. The molecule has 0 heterocycles. The van der Waals surface area contributed by atoms with Gasteiger partial charge in [-0.25, -0.2) is 0 Å². The van der Waals surface area contributed by atoms with Crippen LogP contribution < -0.4 is 11.5 Å². The topological polar surface area (TPSA) is 86.2 Å². The summed E-state index contributed by atoms with van der Waals surface area (Å²) in [6.45, 7) is 1.72. The van der Waals surface area contributed by atoms with Gasteiger partial charge in [-0.15, -0.1) is 0 Å². The van der Waals surface area contributed by atoms with Crippen LogP contribution in [0.4, 0.5) is 0 Å². The van der Waals surface area contributed by atoms with Gasteiger partial charge in [0, 0.05) is 5.57 Å². The molecule has 4 heteroatoms. The van der Waals surface area contributed by atoms with E-state index in [-0.39, 0.29) is 11.6 Å². The Labute approximate surface area is 170 Å². The highest BCUT2D eigenvalue weighted by Crippen LogP contribution is 2.18. The number of carbonyl (C=O) groups excluding carboxylic acids is 2. The molecule has 154 valence electrons. The van der Waals surface area contributed by atoms with E-state index in [0.717, 1.165) is 18.7 Å². The molecule has 0 saturated heterocycles. The average Bonchev–Trinajstić information content (AvgIpc) is 2.72. The molecule has 0 bridgehead atoms. The summed E-state index contributed by atoms with van der Waals surface area (Å²) >= 11 is 0. The van der Waals surface area contributed by atoms with Crippen molar-refractivity contribution in [1.82, 2.24) is 0 Å². The number of allylic oxidation sites excluding steroid dienone is 4. The lowest BCUT2D eigenvalue weighted by atomic mass is 9.97. The normalized spacial score (nSPS) is 13.1. The second-order valence-electron chi connectivity index (χ2n) is 7.14. The van der Waals surface area contributed by atoms with Crippen LogP contribution in [0.15, 0.2) is 48.6 Å². The van der Waals surface area contributed by atoms with Crippen LogP contribution >= 0.6 is 0 Å². The van der Waals surface area contributed by atoms with Gasteiger partial charge < -0.3 is 11.5 Å². The van der Waals surface area contributed by atoms with E-state index in [4.69, 9.17) is 11.5 Å². The van der Waals surface area contributed by atoms with Crippen molar-refractivity contribution in [1.29, 1.82) is 0 Å². The van der Waals surface area contributed by atoms with Gasteiger partial charge in [0.15, 0.2) is 11.6 Å². The monoisotopic (exact) mass is 384 g/mol. The molecule has 28 heavy (non-hydrogen) atoms. The number of hydrogen-bond acceptors (Lipinski definition) is 4. The van der Waals surface area contributed by atoms with Gasteiger partial charge in [-0.2, -0.15) is 0 Å². The first-order valence-electron chi connectivity index (χ1n) is 10.6. The summed E-state index contributed by atoms with van der Waals surface area (Å²) in [5.74, 6) is -0.251. The zero-order chi connectivity index (χ0) is 20.5. The lowest BCUT2D eigenvalue weighted by Gasteiger charge is -2.05. The predicted octanol–water partition coefficient (Wildman–Crippen LogP) is 4.58. The largest absolute Gasteiger partial charge is 0.330 e. The Hall–Kier alpha value is -2.04. The van der Waals surface area contributed by atoms with Crippen LogP contribution in [-0.2, 0) is 9.59 Å². The van der Waals surface area contributed by atoms with E-state index in [9.17, 15) is 9.59 Å². The van der Waals surface area contributed by atoms with Crippen LogP contribution in [-0.4, -0.2) is 24.7 Å². The standard InChI is InChI=1S/C12H28N2.C12H8O2/c13-11-9-7-5-3-1-2-4-6-8-10-12-14;13-10-6-7-12(14)11(8-10)9-4-2-1-3-5-9/h1-14H2;1-8H. The SMILES string of the molecule is NCCCCCCCCCCCCN.O=C1C=CC(=O)C(c2ccccc2)=C1. The van der Waals surface area contributed by atoms with Crippen molar-refractivity contribution in [3.63, 3.8) is 0 Å². The lowest BCUT2D eigenvalue weighted by molar-refractivity contribution is -0.113. The van der Waals surface area contributed by atoms with E-state index in [2.05, 4.69) is 0 Å². The van der Waals surface area contributed by atoms with E-state index in [1.165, 1.54) is 82.4 Å². The minimum Gasteiger partial charge on any atom is -0.330 e. The zero-order valence-corrected chi connectivity index (χ0v) is 17.1. The van der Waals surface area contributed by atoms with E-state index in [0.29, 0.717) is 5.57 Å². The number of carbonyl (C=O) groups is 2. The smallest absolute Gasteiger partial charge is 0.186 e. The number of rotatable bonds is 12. The third kappa shape index (κ3) is 11.0. The first kappa shape index (κ1) is 24.0. The van der Waals surface area contributed by atoms with Crippen molar-refractivity contribution < 1.29 is 9.59 Å². The average molecular weight is 385 g/mol. The van der Waals surface area contributed by atoms with Crippen molar-refractivity contribution in [3.05, 3.63) is 54.1 Å². The van der Waals surface area contributed by atoms with Crippen LogP contribution in [0.5, 0.6) is 0 Å². The fourth-order valence-electron chi connectivity index (χ4n) is 3.06. The molecule has 2 rings (SSSR count). The number of hydrogen-bond donors (Lipinski definition) is 2. The molecule has 0 aliphatic heterocycles. The Morgan fingerprint density at radius 2 is 1.07 bits per heavy atom. The maximum absolute atomic E-state index is 11.4. The van der Waals surface area contributed by atoms with E-state index >= 15 is 0 Å². The molecule has 0 radical (unpaired) electrons. The quantitative estimate of drug-likeness (QED) is 0.408. The van der Waals surface area contributed by atoms with E-state index in [1.54, 1.807) is 0 Å². The van der Waals surface area contributed by atoms with Gasteiger partial charge in [-0.3, -0.25) is 9.59 Å². The molecule has 0 spiro atoms. The molecule has 0 aromatic heterocycles. The minimum absolute atomic E-state index is 0.115. The summed E-state index contributed by atoms with van der Waals surface area (Å²) in [5, 5.41) is 0. The third-order valence-corrected chi connectivity index (χ3v) is 4.69. The maximum Gasteiger partial charge on any atom is 0.186 e. The van der Waals surface area contributed by atoms with Crippen molar-refractivity contribution in [2.75, 3.05) is 13.1 Å². The van der Waals surface area contributed by atoms with Crippen molar-refractivity contribution in [2.24, 2.45) is 11.5 Å². The third-order valence-electron chi connectivity index (χ3n) is 4.69. The predicted molar refractivity (Wildman–Crippen MR) is 118 cm³/mol. The number of ketones is 2. The molecular formula is C24H36N2O2. The highest BCUT2D eigenvalue weighted by molar-refractivity contribution is 6.33. The van der Waals surface area contributed by atoms with Crippen LogP contribution in [0, 0.1) is 0 Å². The Bertz CT molecular complexity index is 609. The van der Waals surface area contributed by atoms with Gasteiger partial charge in [-0.1, -0.05) is 81.7 Å². The van der Waals surface area contributed by atoms with Crippen molar-refractivity contribution >= 4 is 17.1 Å². The summed E-state index contributed by atoms with van der Waals surface area (Å²) < 4.78 is 0. The van der Waals surface area contributed by atoms with Crippen LogP contribution in [0.2, 0.25) is 0 Å². The Kier molecular flexibility index (Phi) is 13.7. The molecule has 4 N–H and O–H groups in total. The van der Waals surface area contributed by atoms with Gasteiger partial charge in [0.25, 0.3) is 0 Å². The first-order valence-corrected chi connectivity index (χ1v) is 10.6. The number of benzene rings is 1. The fourth-order valence-corrected chi connectivity index (χ4v) is 3.06. The van der Waals surface area contributed by atoms with Gasteiger partial charge in [0.1, 0.15) is 0 Å². The highest BCUT2D eigenvalue weighted by Gasteiger charge is 2.14. The second-order valence-corrected chi connectivity index (χ2v) is 7.14. The molecule has 0 atom stereocenters. The Balaban J connectivity index is 0.000000280. The minimum atomic E-state index is -0.136. The van der Waals surface area contributed by atoms with Gasteiger partial charge in [0.2, 0.25) is 0 Å². The van der Waals surface area contributed by atoms with Crippen molar-refractivity contribution in [3.8, 4) is 0 Å². The molecule has 1 aromatic rings. The zero-order valence-electron chi connectivity index (χ0n) is 17.1. The highest BCUT2D eigenvalue weighted by atomic mass is 16.1. The van der Waals surface area contributed by atoms with E-state index < -0.39 is 0 Å². The molecule has 1 aliphatic carbocycles. The maximum atomic E-state index is 11.4.